The summed E-state index contributed by atoms with van der Waals surface area (Å²) < 4.78 is 1.71. The van der Waals surface area contributed by atoms with Crippen LogP contribution in [0.3, 0.4) is 0 Å². The van der Waals surface area contributed by atoms with Crippen molar-refractivity contribution in [1.29, 1.82) is 0 Å². The van der Waals surface area contributed by atoms with Gasteiger partial charge in [0.15, 0.2) is 0 Å². The van der Waals surface area contributed by atoms with Crippen molar-refractivity contribution in [1.82, 2.24) is 15.1 Å². The van der Waals surface area contributed by atoms with Crippen LogP contribution in [-0.4, -0.2) is 33.3 Å². The predicted molar refractivity (Wildman–Crippen MR) is 111 cm³/mol. The molecule has 2 aromatic carbocycles. The second-order valence-corrected chi connectivity index (χ2v) is 7.18. The molecule has 0 aliphatic heterocycles. The average Bonchev–Trinajstić information content (AvgIpc) is 3.10. The molecule has 1 heterocycles. The molecule has 29 heavy (non-hydrogen) atoms. The largest absolute Gasteiger partial charge is 0.481 e. The normalized spacial score (nSPS) is 12.9. The molecule has 0 spiro atoms. The first-order valence-corrected chi connectivity index (χ1v) is 9.58. The molecule has 0 saturated heterocycles. The van der Waals surface area contributed by atoms with Crippen LogP contribution in [0.25, 0.3) is 5.69 Å². The van der Waals surface area contributed by atoms with Gasteiger partial charge in [0, 0.05) is 6.54 Å². The van der Waals surface area contributed by atoms with Crippen LogP contribution in [0.15, 0.2) is 60.8 Å². The number of hydrogen-bond donors (Lipinski definition) is 2. The van der Waals surface area contributed by atoms with Gasteiger partial charge in [0.25, 0.3) is 5.91 Å². The summed E-state index contributed by atoms with van der Waals surface area (Å²) in [5.74, 6) is -1.30. The number of aromatic nitrogens is 2. The van der Waals surface area contributed by atoms with E-state index < -0.39 is 11.4 Å². The number of nitrogens with one attached hydrogen (secondary N) is 1. The molecule has 0 bridgehead atoms. The molecule has 6 nitrogen and oxygen atoms in total. The fourth-order valence-electron chi connectivity index (χ4n) is 3.52. The van der Waals surface area contributed by atoms with Gasteiger partial charge in [0.05, 0.1) is 23.1 Å². The van der Waals surface area contributed by atoms with Crippen molar-refractivity contribution >= 4 is 11.9 Å². The summed E-state index contributed by atoms with van der Waals surface area (Å²) in [5.41, 5.74) is 2.58. The summed E-state index contributed by atoms with van der Waals surface area (Å²) >= 11 is 0. The fourth-order valence-corrected chi connectivity index (χ4v) is 3.52. The summed E-state index contributed by atoms with van der Waals surface area (Å²) in [6.45, 7) is 5.63. The Labute approximate surface area is 170 Å². The van der Waals surface area contributed by atoms with Crippen molar-refractivity contribution in [3.63, 3.8) is 0 Å². The Hall–Kier alpha value is -3.41. The molecule has 6 heteroatoms. The van der Waals surface area contributed by atoms with Gasteiger partial charge in [-0.25, -0.2) is 4.68 Å². The fraction of sp³-hybridized carbons (Fsp3) is 0.261. The second kappa shape index (κ2) is 8.31. The lowest BCUT2D eigenvalue weighted by molar-refractivity contribution is -0.143. The van der Waals surface area contributed by atoms with E-state index in [0.29, 0.717) is 23.2 Å². The maximum Gasteiger partial charge on any atom is 0.315 e. The van der Waals surface area contributed by atoms with Gasteiger partial charge in [0.2, 0.25) is 0 Å². The van der Waals surface area contributed by atoms with Crippen molar-refractivity contribution in [2.24, 2.45) is 0 Å². The van der Waals surface area contributed by atoms with Gasteiger partial charge in [-0.2, -0.15) is 5.10 Å². The van der Waals surface area contributed by atoms with E-state index in [1.807, 2.05) is 51.1 Å². The van der Waals surface area contributed by atoms with E-state index in [-0.39, 0.29) is 12.5 Å². The number of aliphatic carboxylic acids is 1. The maximum absolute atomic E-state index is 12.8. The zero-order valence-electron chi connectivity index (χ0n) is 16.8. The highest BCUT2D eigenvalue weighted by Crippen LogP contribution is 2.28. The van der Waals surface area contributed by atoms with Gasteiger partial charge in [-0.3, -0.25) is 9.59 Å². The van der Waals surface area contributed by atoms with Crippen LogP contribution in [-0.2, 0) is 10.2 Å². The van der Waals surface area contributed by atoms with Crippen LogP contribution in [0.2, 0.25) is 0 Å². The molecule has 3 rings (SSSR count). The highest BCUT2D eigenvalue weighted by atomic mass is 16.4. The molecule has 3 aromatic rings. The van der Waals surface area contributed by atoms with E-state index in [4.69, 9.17) is 0 Å². The zero-order chi connectivity index (χ0) is 21.0. The third kappa shape index (κ3) is 3.92. The highest BCUT2D eigenvalue weighted by molar-refractivity contribution is 5.95. The van der Waals surface area contributed by atoms with Crippen molar-refractivity contribution < 1.29 is 14.7 Å². The van der Waals surface area contributed by atoms with Gasteiger partial charge in [0.1, 0.15) is 5.41 Å². The molecule has 2 N–H and O–H groups in total. The Bertz CT molecular complexity index is 1030. The number of carboxylic acids is 1. The Morgan fingerprint density at radius 3 is 2.45 bits per heavy atom. The lowest BCUT2D eigenvalue weighted by Crippen LogP contribution is -2.46. The van der Waals surface area contributed by atoms with Gasteiger partial charge in [-0.1, -0.05) is 49.4 Å². The SMILES string of the molecule is CCC(CNC(=O)c1cnn(-c2cccc(C)c2)c1C)(C(=O)O)c1ccccc1. The summed E-state index contributed by atoms with van der Waals surface area (Å²) in [6, 6.07) is 16.9. The summed E-state index contributed by atoms with van der Waals surface area (Å²) in [7, 11) is 0. The maximum atomic E-state index is 12.8. The lowest BCUT2D eigenvalue weighted by Gasteiger charge is -2.29. The van der Waals surface area contributed by atoms with Crippen LogP contribution in [0.5, 0.6) is 0 Å². The molecule has 150 valence electrons. The number of carbonyl (C=O) groups excluding carboxylic acids is 1. The molecule has 1 aromatic heterocycles. The van der Waals surface area contributed by atoms with Crippen molar-refractivity contribution in [2.75, 3.05) is 6.54 Å². The average molecular weight is 391 g/mol. The minimum Gasteiger partial charge on any atom is -0.481 e. The molecule has 0 saturated carbocycles. The van der Waals surface area contributed by atoms with Crippen molar-refractivity contribution in [3.05, 3.63) is 83.2 Å². The minimum absolute atomic E-state index is 0.00323. The van der Waals surface area contributed by atoms with Crippen molar-refractivity contribution in [3.8, 4) is 5.69 Å². The van der Waals surface area contributed by atoms with E-state index in [9.17, 15) is 14.7 Å². The molecular weight excluding hydrogens is 366 g/mol. The first-order chi connectivity index (χ1) is 13.9. The summed E-state index contributed by atoms with van der Waals surface area (Å²) in [5, 5.41) is 17.1. The lowest BCUT2D eigenvalue weighted by atomic mass is 9.78. The smallest absolute Gasteiger partial charge is 0.315 e. The topological polar surface area (TPSA) is 84.2 Å². The standard InChI is InChI=1S/C23H25N3O3/c1-4-23(22(28)29,18-10-6-5-7-11-18)15-24-21(27)20-14-25-26(17(20)3)19-12-8-9-16(2)13-19/h5-14H,4,15H2,1-3H3,(H,24,27)(H,28,29). The highest BCUT2D eigenvalue weighted by Gasteiger charge is 2.39. The molecule has 0 fully saturated rings. The Morgan fingerprint density at radius 1 is 1.10 bits per heavy atom. The van der Waals surface area contributed by atoms with Crippen LogP contribution >= 0.6 is 0 Å². The number of benzene rings is 2. The first kappa shape index (κ1) is 20.3. The van der Waals surface area contributed by atoms with E-state index in [0.717, 1.165) is 11.3 Å². The number of hydrogen-bond acceptors (Lipinski definition) is 3. The molecule has 0 aliphatic rings. The molecule has 1 amide bonds. The van der Waals surface area contributed by atoms with Gasteiger partial charge in [-0.15, -0.1) is 0 Å². The number of nitrogens with zero attached hydrogens (tertiary/aromatic N) is 2. The van der Waals surface area contributed by atoms with E-state index in [2.05, 4.69) is 10.4 Å². The van der Waals surface area contributed by atoms with E-state index in [1.54, 1.807) is 28.9 Å². The number of aryl methyl sites for hydroxylation is 1. The van der Waals surface area contributed by atoms with E-state index >= 15 is 0 Å². The number of amides is 1. The van der Waals surface area contributed by atoms with Crippen LogP contribution < -0.4 is 5.32 Å². The quantitative estimate of drug-likeness (QED) is 0.644. The number of rotatable bonds is 7. The Balaban J connectivity index is 1.84. The Kier molecular flexibility index (Phi) is 5.82. The number of carboxylic acid groups (broad SMARTS) is 1. The van der Waals surface area contributed by atoms with Crippen LogP contribution in [0, 0.1) is 13.8 Å². The summed E-state index contributed by atoms with van der Waals surface area (Å²) in [6.07, 6.45) is 1.87. The predicted octanol–water partition coefficient (Wildman–Crippen LogP) is 3.65. The first-order valence-electron chi connectivity index (χ1n) is 9.58. The molecular formula is C23H25N3O3. The molecule has 1 atom stereocenters. The van der Waals surface area contributed by atoms with Crippen LogP contribution in [0.1, 0.15) is 40.5 Å². The molecule has 0 aliphatic carbocycles. The monoisotopic (exact) mass is 391 g/mol. The Morgan fingerprint density at radius 2 is 1.83 bits per heavy atom. The minimum atomic E-state index is -1.18. The van der Waals surface area contributed by atoms with Crippen molar-refractivity contribution in [2.45, 2.75) is 32.6 Å². The van der Waals surface area contributed by atoms with Gasteiger partial charge >= 0.3 is 5.97 Å². The summed E-state index contributed by atoms with van der Waals surface area (Å²) in [4.78, 5) is 25.0. The van der Waals surface area contributed by atoms with Gasteiger partial charge in [-0.05, 0) is 43.5 Å². The molecule has 1 unspecified atom stereocenters. The number of carbonyl (C=O) groups is 2. The van der Waals surface area contributed by atoms with Gasteiger partial charge < -0.3 is 10.4 Å². The zero-order valence-corrected chi connectivity index (χ0v) is 16.8. The third-order valence-corrected chi connectivity index (χ3v) is 5.39. The third-order valence-electron chi connectivity index (χ3n) is 5.39. The molecule has 0 radical (unpaired) electrons. The second-order valence-electron chi connectivity index (χ2n) is 7.18. The van der Waals surface area contributed by atoms with E-state index in [1.165, 1.54) is 6.20 Å². The van der Waals surface area contributed by atoms with Crippen LogP contribution in [0.4, 0.5) is 0 Å².